The Morgan fingerprint density at radius 2 is 1.73 bits per heavy atom. The number of rotatable bonds is 10. The van der Waals surface area contributed by atoms with Crippen LogP contribution in [0.5, 0.6) is 5.75 Å². The van der Waals surface area contributed by atoms with Crippen LogP contribution in [0.3, 0.4) is 0 Å². The van der Waals surface area contributed by atoms with E-state index in [0.29, 0.717) is 5.69 Å². The van der Waals surface area contributed by atoms with Gasteiger partial charge >= 0.3 is 5.97 Å². The fraction of sp³-hybridized carbons (Fsp3) is 0.261. The van der Waals surface area contributed by atoms with E-state index in [2.05, 4.69) is 14.8 Å². The van der Waals surface area contributed by atoms with Crippen molar-refractivity contribution in [1.82, 2.24) is 4.72 Å². The maximum absolute atomic E-state index is 11.9. The molecule has 0 saturated heterocycles. The number of esters is 1. The van der Waals surface area contributed by atoms with Crippen LogP contribution in [-0.4, -0.2) is 40.4 Å². The van der Waals surface area contributed by atoms with Crippen molar-refractivity contribution in [2.24, 2.45) is 0 Å². The number of methoxy groups -OCH3 is 1. The zero-order valence-electron chi connectivity index (χ0n) is 18.4. The minimum absolute atomic E-state index is 0.0418. The molecule has 0 radical (unpaired) electrons. The molecule has 1 atom stereocenters. The summed E-state index contributed by atoms with van der Waals surface area (Å²) in [6.07, 6.45) is 1.11. The minimum Gasteiger partial charge on any atom is -0.488 e. The number of benzene rings is 2. The van der Waals surface area contributed by atoms with Gasteiger partial charge in [0.2, 0.25) is 10.0 Å². The molecule has 174 valence electrons. The van der Waals surface area contributed by atoms with Crippen molar-refractivity contribution < 1.29 is 22.7 Å². The van der Waals surface area contributed by atoms with Gasteiger partial charge < -0.3 is 14.8 Å². The lowest BCUT2D eigenvalue weighted by atomic mass is 10.0. The first-order valence-electron chi connectivity index (χ1n) is 10.1. The summed E-state index contributed by atoms with van der Waals surface area (Å²) in [6.45, 7) is 2.01. The molecule has 0 aliphatic carbocycles. The second-order valence-electron chi connectivity index (χ2n) is 7.37. The Morgan fingerprint density at radius 1 is 1.03 bits per heavy atom. The molecular weight excluding hydrogens is 448 g/mol. The number of sulfonamides is 1. The average molecular weight is 473 g/mol. The molecule has 2 N–H and O–H groups in total. The summed E-state index contributed by atoms with van der Waals surface area (Å²) in [7, 11) is -2.39. The maximum atomic E-state index is 11.9. The first kappa shape index (κ1) is 24.1. The van der Waals surface area contributed by atoms with Gasteiger partial charge in [-0.2, -0.15) is 0 Å². The Morgan fingerprint density at radius 3 is 2.33 bits per heavy atom. The molecule has 0 aliphatic rings. The highest BCUT2D eigenvalue weighted by atomic mass is 32.2. The summed E-state index contributed by atoms with van der Waals surface area (Å²) in [5, 5.41) is 2.95. The van der Waals surface area contributed by atoms with Crippen LogP contribution in [0, 0.1) is 0 Å². The number of carbonyl (C=O) groups excluding carboxylic acids is 1. The highest BCUT2D eigenvalue weighted by molar-refractivity contribution is 7.88. The lowest BCUT2D eigenvalue weighted by Gasteiger charge is -2.16. The van der Waals surface area contributed by atoms with Crippen LogP contribution >= 0.6 is 0 Å². The smallest absolute Gasteiger partial charge is 0.324 e. The normalized spacial score (nSPS) is 12.3. The number of nitrogens with one attached hydrogen (secondary N) is 2. The summed E-state index contributed by atoms with van der Waals surface area (Å²) in [5.41, 5.74) is 1.96. The van der Waals surface area contributed by atoms with E-state index < -0.39 is 32.9 Å². The average Bonchev–Trinajstić information content (AvgIpc) is 2.80. The van der Waals surface area contributed by atoms with Crippen molar-refractivity contribution in [2.75, 3.05) is 25.3 Å². The van der Waals surface area contributed by atoms with Gasteiger partial charge in [0, 0.05) is 5.69 Å². The van der Waals surface area contributed by atoms with Gasteiger partial charge in [-0.3, -0.25) is 14.4 Å². The molecule has 0 heterocycles. The Kier molecular flexibility index (Phi) is 7.29. The van der Waals surface area contributed by atoms with E-state index in [0.717, 1.165) is 22.9 Å². The van der Waals surface area contributed by atoms with Crippen molar-refractivity contribution in [1.29, 1.82) is 0 Å². The molecule has 0 aliphatic heterocycles. The highest BCUT2D eigenvalue weighted by Gasteiger charge is 2.24. The van der Waals surface area contributed by atoms with Crippen LogP contribution in [0.2, 0.25) is 0 Å². The summed E-state index contributed by atoms with van der Waals surface area (Å²) in [4.78, 5) is 35.4. The van der Waals surface area contributed by atoms with Gasteiger partial charge in [-0.25, -0.2) is 13.1 Å². The molecule has 0 amide bonds. The second-order valence-corrected chi connectivity index (χ2v) is 9.15. The van der Waals surface area contributed by atoms with E-state index >= 15 is 0 Å². The van der Waals surface area contributed by atoms with E-state index in [1.165, 1.54) is 7.11 Å². The molecule has 0 aromatic heterocycles. The molecule has 3 aromatic rings. The largest absolute Gasteiger partial charge is 0.488 e. The molecule has 10 heteroatoms. The monoisotopic (exact) mass is 472 g/mol. The first-order chi connectivity index (χ1) is 15.6. The van der Waals surface area contributed by atoms with E-state index in [1.807, 2.05) is 24.3 Å². The quantitative estimate of drug-likeness (QED) is 0.337. The number of hydrogen-bond acceptors (Lipinski definition) is 8. The van der Waals surface area contributed by atoms with Gasteiger partial charge in [-0.15, -0.1) is 0 Å². The number of carbonyl (C=O) groups is 1. The van der Waals surface area contributed by atoms with Crippen LogP contribution < -0.4 is 25.6 Å². The van der Waals surface area contributed by atoms with E-state index in [-0.39, 0.29) is 24.5 Å². The molecular formula is C23H24N2O7S. The van der Waals surface area contributed by atoms with E-state index in [9.17, 15) is 22.8 Å². The third-order valence-electron chi connectivity index (χ3n) is 4.86. The molecule has 1 unspecified atom stereocenters. The van der Waals surface area contributed by atoms with Gasteiger partial charge in [0.1, 0.15) is 11.7 Å². The van der Waals surface area contributed by atoms with Crippen LogP contribution in [-0.2, 0) is 26.0 Å². The van der Waals surface area contributed by atoms with Gasteiger partial charge in [-0.05, 0) is 42.2 Å². The van der Waals surface area contributed by atoms with Crippen molar-refractivity contribution >= 4 is 27.4 Å². The molecule has 3 rings (SSSR count). The predicted molar refractivity (Wildman–Crippen MR) is 125 cm³/mol. The van der Waals surface area contributed by atoms with Gasteiger partial charge in [0.05, 0.1) is 20.0 Å². The SMILES string of the molecule is CCOc1c(Nc2cccc(-c3ccc(CC(NS(C)(=O)=O)C(=O)OC)cc3)c2)c(=O)c1=O. The van der Waals surface area contributed by atoms with Gasteiger partial charge in [-0.1, -0.05) is 36.4 Å². The van der Waals surface area contributed by atoms with Crippen LogP contribution in [0.1, 0.15) is 12.5 Å². The number of hydrogen-bond donors (Lipinski definition) is 2. The Labute approximate surface area is 191 Å². The van der Waals surface area contributed by atoms with Crippen molar-refractivity contribution in [2.45, 2.75) is 19.4 Å². The Balaban J connectivity index is 1.77. The molecule has 3 aromatic carbocycles. The maximum Gasteiger partial charge on any atom is 0.324 e. The predicted octanol–water partition coefficient (Wildman–Crippen LogP) is 1.73. The standard InChI is InChI=1S/C23H24N2O7S/c1-4-32-22-19(20(26)21(22)27)24-17-7-5-6-16(13-17)15-10-8-14(9-11-15)12-18(23(28)31-2)25-33(3,29)30/h5-11,13,18,24-25H,4,12H2,1-3H3. The number of ether oxygens (including phenoxy) is 2. The van der Waals surface area contributed by atoms with Crippen molar-refractivity contribution in [3.63, 3.8) is 0 Å². The summed E-state index contributed by atoms with van der Waals surface area (Å²) in [5.74, 6) is -0.631. The Bertz CT molecular complexity index is 1320. The summed E-state index contributed by atoms with van der Waals surface area (Å²) >= 11 is 0. The summed E-state index contributed by atoms with van der Waals surface area (Å²) < 4.78 is 35.3. The van der Waals surface area contributed by atoms with Crippen molar-refractivity contribution in [3.05, 3.63) is 74.5 Å². The van der Waals surface area contributed by atoms with Gasteiger partial charge in [0.15, 0.2) is 5.75 Å². The lowest BCUT2D eigenvalue weighted by molar-refractivity contribution is -0.142. The van der Waals surface area contributed by atoms with Gasteiger partial charge in [0.25, 0.3) is 10.9 Å². The lowest BCUT2D eigenvalue weighted by Crippen LogP contribution is -2.42. The third kappa shape index (κ3) is 5.85. The molecule has 0 bridgehead atoms. The number of anilines is 2. The topological polar surface area (TPSA) is 128 Å². The minimum atomic E-state index is -3.59. The molecule has 0 saturated carbocycles. The molecule has 0 fully saturated rings. The van der Waals surface area contributed by atoms with Crippen LogP contribution in [0.15, 0.2) is 58.1 Å². The zero-order valence-corrected chi connectivity index (χ0v) is 19.2. The van der Waals surface area contributed by atoms with Crippen LogP contribution in [0.25, 0.3) is 11.1 Å². The highest BCUT2D eigenvalue weighted by Crippen LogP contribution is 2.27. The molecule has 33 heavy (non-hydrogen) atoms. The Hall–Kier alpha value is -3.50. The fourth-order valence-electron chi connectivity index (χ4n) is 3.33. The molecule has 0 spiro atoms. The van der Waals surface area contributed by atoms with Crippen molar-refractivity contribution in [3.8, 4) is 16.9 Å². The summed E-state index contributed by atoms with van der Waals surface area (Å²) in [6, 6.07) is 13.5. The van der Waals surface area contributed by atoms with Crippen LogP contribution in [0.4, 0.5) is 11.4 Å². The fourth-order valence-corrected chi connectivity index (χ4v) is 4.03. The first-order valence-corrected chi connectivity index (χ1v) is 12.0. The molecule has 9 nitrogen and oxygen atoms in total. The second kappa shape index (κ2) is 9.97. The third-order valence-corrected chi connectivity index (χ3v) is 5.57. The zero-order chi connectivity index (χ0) is 24.2. The van der Waals surface area contributed by atoms with E-state index in [4.69, 9.17) is 4.74 Å². The van der Waals surface area contributed by atoms with E-state index in [1.54, 1.807) is 31.2 Å².